The predicted molar refractivity (Wildman–Crippen MR) is 130 cm³/mol. The molecule has 1 aliphatic rings. The zero-order valence-electron chi connectivity index (χ0n) is 18.3. The van der Waals surface area contributed by atoms with E-state index in [0.717, 1.165) is 42.3 Å². The van der Waals surface area contributed by atoms with Gasteiger partial charge in [-0.15, -0.1) is 11.3 Å². The molecule has 166 valence electrons. The molecule has 0 atom stereocenters. The maximum absolute atomic E-state index is 13.5. The van der Waals surface area contributed by atoms with Crippen molar-refractivity contribution >= 4 is 44.9 Å². The second kappa shape index (κ2) is 9.88. The van der Waals surface area contributed by atoms with E-state index in [1.165, 1.54) is 22.2 Å². The Hall–Kier alpha value is -2.63. The standard InChI is InChI=1S/C24H26N4O2S2/c1-15(2)11-12-28-23(30)21-17-8-4-6-10-19(17)32-22(21)27-24(28)31-14-20(29)26-18-9-5-3-7-16(18)13-25/h3,5,7,9,15H,4,6,8,10-12,14H2,1-2H3,(H,26,29). The lowest BCUT2D eigenvalue weighted by Crippen LogP contribution is -2.25. The smallest absolute Gasteiger partial charge is 0.263 e. The highest BCUT2D eigenvalue weighted by molar-refractivity contribution is 7.99. The molecule has 0 bridgehead atoms. The van der Waals surface area contributed by atoms with Crippen LogP contribution in [0.2, 0.25) is 0 Å². The lowest BCUT2D eigenvalue weighted by Gasteiger charge is -2.14. The minimum atomic E-state index is -0.229. The van der Waals surface area contributed by atoms with E-state index < -0.39 is 0 Å². The highest BCUT2D eigenvalue weighted by Crippen LogP contribution is 2.34. The molecule has 1 aromatic carbocycles. The van der Waals surface area contributed by atoms with Crippen molar-refractivity contribution in [2.75, 3.05) is 11.1 Å². The summed E-state index contributed by atoms with van der Waals surface area (Å²) in [6, 6.07) is 9.00. The number of nitrogens with one attached hydrogen (secondary N) is 1. The third kappa shape index (κ3) is 4.74. The highest BCUT2D eigenvalue weighted by Gasteiger charge is 2.22. The summed E-state index contributed by atoms with van der Waals surface area (Å²) < 4.78 is 1.76. The second-order valence-corrected chi connectivity index (χ2v) is 10.4. The molecule has 0 unspecified atom stereocenters. The Balaban J connectivity index is 1.62. The van der Waals surface area contributed by atoms with E-state index in [9.17, 15) is 14.9 Å². The first kappa shape index (κ1) is 22.6. The van der Waals surface area contributed by atoms with Crippen LogP contribution in [0.1, 0.15) is 49.1 Å². The fourth-order valence-electron chi connectivity index (χ4n) is 3.92. The zero-order valence-corrected chi connectivity index (χ0v) is 19.9. The van der Waals surface area contributed by atoms with Gasteiger partial charge >= 0.3 is 0 Å². The number of aromatic nitrogens is 2. The monoisotopic (exact) mass is 466 g/mol. The molecule has 32 heavy (non-hydrogen) atoms. The molecule has 0 saturated carbocycles. The normalized spacial score (nSPS) is 13.2. The number of carbonyl (C=O) groups excluding carboxylic acids is 1. The molecular formula is C24H26N4O2S2. The third-order valence-corrected chi connectivity index (χ3v) is 7.79. The molecule has 0 aliphatic heterocycles. The minimum Gasteiger partial charge on any atom is -0.324 e. The number of aryl methyl sites for hydroxylation is 2. The lowest BCUT2D eigenvalue weighted by molar-refractivity contribution is -0.113. The first-order valence-electron chi connectivity index (χ1n) is 10.9. The summed E-state index contributed by atoms with van der Waals surface area (Å²) >= 11 is 2.91. The second-order valence-electron chi connectivity index (χ2n) is 8.42. The molecule has 3 aromatic rings. The summed E-state index contributed by atoms with van der Waals surface area (Å²) in [7, 11) is 0. The van der Waals surface area contributed by atoms with E-state index >= 15 is 0 Å². The van der Waals surface area contributed by atoms with E-state index in [1.807, 2.05) is 0 Å². The van der Waals surface area contributed by atoms with Gasteiger partial charge in [-0.3, -0.25) is 14.2 Å². The Labute approximate surface area is 195 Å². The van der Waals surface area contributed by atoms with E-state index in [-0.39, 0.29) is 17.2 Å². The van der Waals surface area contributed by atoms with Gasteiger partial charge in [0.1, 0.15) is 10.9 Å². The third-order valence-electron chi connectivity index (χ3n) is 5.62. The van der Waals surface area contributed by atoms with Crippen LogP contribution < -0.4 is 10.9 Å². The molecule has 2 aromatic heterocycles. The van der Waals surface area contributed by atoms with Crippen molar-refractivity contribution in [3.05, 3.63) is 50.6 Å². The topological polar surface area (TPSA) is 87.8 Å². The van der Waals surface area contributed by atoms with Crippen LogP contribution >= 0.6 is 23.1 Å². The lowest BCUT2D eigenvalue weighted by atomic mass is 9.97. The van der Waals surface area contributed by atoms with Gasteiger partial charge in [0.15, 0.2) is 5.16 Å². The maximum atomic E-state index is 13.5. The van der Waals surface area contributed by atoms with Gasteiger partial charge in [-0.05, 0) is 55.7 Å². The number of para-hydroxylation sites is 1. The molecule has 1 N–H and O–H groups in total. The largest absolute Gasteiger partial charge is 0.324 e. The molecule has 0 spiro atoms. The molecule has 6 nitrogen and oxygen atoms in total. The van der Waals surface area contributed by atoms with Crippen LogP contribution in [0.25, 0.3) is 10.2 Å². The highest BCUT2D eigenvalue weighted by atomic mass is 32.2. The van der Waals surface area contributed by atoms with Crippen LogP contribution in [0.5, 0.6) is 0 Å². The number of amides is 1. The Morgan fingerprint density at radius 1 is 1.31 bits per heavy atom. The van der Waals surface area contributed by atoms with Crippen molar-refractivity contribution in [1.82, 2.24) is 9.55 Å². The van der Waals surface area contributed by atoms with Crippen LogP contribution in [-0.4, -0.2) is 21.2 Å². The minimum absolute atomic E-state index is 0.0211. The van der Waals surface area contributed by atoms with Crippen molar-refractivity contribution in [2.24, 2.45) is 5.92 Å². The van der Waals surface area contributed by atoms with E-state index in [4.69, 9.17) is 4.98 Å². The van der Waals surface area contributed by atoms with Gasteiger partial charge in [0.25, 0.3) is 5.56 Å². The molecular weight excluding hydrogens is 440 g/mol. The van der Waals surface area contributed by atoms with Crippen LogP contribution in [-0.2, 0) is 24.2 Å². The summed E-state index contributed by atoms with van der Waals surface area (Å²) in [5, 5.41) is 13.4. The number of anilines is 1. The van der Waals surface area contributed by atoms with Gasteiger partial charge in [-0.1, -0.05) is 37.7 Å². The first-order valence-corrected chi connectivity index (χ1v) is 12.7. The van der Waals surface area contributed by atoms with Gasteiger partial charge < -0.3 is 5.32 Å². The first-order chi connectivity index (χ1) is 15.5. The van der Waals surface area contributed by atoms with Crippen molar-refractivity contribution in [3.8, 4) is 6.07 Å². The molecule has 2 heterocycles. The Kier molecular flexibility index (Phi) is 6.97. The van der Waals surface area contributed by atoms with Gasteiger partial charge in [0.05, 0.1) is 22.4 Å². The Morgan fingerprint density at radius 3 is 2.88 bits per heavy atom. The van der Waals surface area contributed by atoms with Gasteiger partial charge in [-0.25, -0.2) is 4.98 Å². The summed E-state index contributed by atoms with van der Waals surface area (Å²) in [6.07, 6.45) is 5.11. The molecule has 4 rings (SSSR count). The number of hydrogen-bond donors (Lipinski definition) is 1. The van der Waals surface area contributed by atoms with Gasteiger partial charge in [0.2, 0.25) is 5.91 Å². The predicted octanol–water partition coefficient (Wildman–Crippen LogP) is 4.99. The van der Waals surface area contributed by atoms with Gasteiger partial charge in [-0.2, -0.15) is 5.26 Å². The van der Waals surface area contributed by atoms with Crippen molar-refractivity contribution < 1.29 is 4.79 Å². The number of benzene rings is 1. The maximum Gasteiger partial charge on any atom is 0.263 e. The average molecular weight is 467 g/mol. The van der Waals surface area contributed by atoms with Crippen LogP contribution in [0.4, 0.5) is 5.69 Å². The Bertz CT molecular complexity index is 1250. The van der Waals surface area contributed by atoms with Gasteiger partial charge in [0, 0.05) is 11.4 Å². The Morgan fingerprint density at radius 2 is 2.09 bits per heavy atom. The molecule has 0 radical (unpaired) electrons. The van der Waals surface area contributed by atoms with Crippen molar-refractivity contribution in [1.29, 1.82) is 5.26 Å². The van der Waals surface area contributed by atoms with E-state index in [0.29, 0.717) is 28.9 Å². The molecule has 0 saturated heterocycles. The number of rotatable bonds is 7. The SMILES string of the molecule is CC(C)CCn1c(SCC(=O)Nc2ccccc2C#N)nc2sc3c(c2c1=O)CCCC3. The van der Waals surface area contributed by atoms with Crippen LogP contribution in [0.3, 0.4) is 0 Å². The van der Waals surface area contributed by atoms with E-state index in [2.05, 4.69) is 25.2 Å². The zero-order chi connectivity index (χ0) is 22.7. The molecule has 1 amide bonds. The molecule has 8 heteroatoms. The van der Waals surface area contributed by atoms with Crippen LogP contribution in [0, 0.1) is 17.2 Å². The fourth-order valence-corrected chi connectivity index (χ4v) is 6.05. The fraction of sp³-hybridized carbons (Fsp3) is 0.417. The summed E-state index contributed by atoms with van der Waals surface area (Å²) in [5.41, 5.74) is 2.12. The van der Waals surface area contributed by atoms with Crippen molar-refractivity contribution in [3.63, 3.8) is 0 Å². The number of fused-ring (bicyclic) bond motifs is 3. The van der Waals surface area contributed by atoms with Crippen LogP contribution in [0.15, 0.2) is 34.2 Å². The number of nitrogens with zero attached hydrogens (tertiary/aromatic N) is 3. The van der Waals surface area contributed by atoms with E-state index in [1.54, 1.807) is 40.2 Å². The number of carbonyl (C=O) groups is 1. The quantitative estimate of drug-likeness (QED) is 0.392. The summed E-state index contributed by atoms with van der Waals surface area (Å²) in [4.78, 5) is 33.0. The summed E-state index contributed by atoms with van der Waals surface area (Å²) in [5.74, 6) is 0.343. The number of nitriles is 1. The number of hydrogen-bond acceptors (Lipinski definition) is 6. The molecule has 1 aliphatic carbocycles. The summed E-state index contributed by atoms with van der Waals surface area (Å²) in [6.45, 7) is 4.86. The molecule has 0 fully saturated rings. The van der Waals surface area contributed by atoms with Crippen molar-refractivity contribution in [2.45, 2.75) is 57.7 Å². The number of thiophene rings is 1. The average Bonchev–Trinajstić information content (AvgIpc) is 3.16. The number of thioether (sulfide) groups is 1.